The van der Waals surface area contributed by atoms with Crippen LogP contribution in [0.4, 0.5) is 0 Å². The average Bonchev–Trinajstić information content (AvgIpc) is 2.01. The maximum absolute atomic E-state index is 10.9. The summed E-state index contributed by atoms with van der Waals surface area (Å²) in [7, 11) is 1.66. The molecule has 0 fully saturated rings. The van der Waals surface area contributed by atoms with Crippen molar-refractivity contribution in [3.05, 3.63) is 0 Å². The number of rotatable bonds is 6. The van der Waals surface area contributed by atoms with Crippen molar-refractivity contribution in [2.45, 2.75) is 26.3 Å². The molecule has 1 atom stereocenters. The molecular formula is C9H20N2O2. The molecule has 0 radical (unpaired) electrons. The first-order valence-electron chi connectivity index (χ1n) is 4.44. The lowest BCUT2D eigenvalue weighted by molar-refractivity contribution is -0.123. The Labute approximate surface area is 79.8 Å². The Bertz CT molecular complexity index is 169. The van der Waals surface area contributed by atoms with Crippen LogP contribution in [0.2, 0.25) is 0 Å². The molecule has 1 amide bonds. The number of ether oxygens (including phenoxy) is 1. The first kappa shape index (κ1) is 12.4. The minimum absolute atomic E-state index is 0.336. The molecular weight excluding hydrogens is 168 g/mol. The van der Waals surface area contributed by atoms with E-state index in [1.54, 1.807) is 21.0 Å². The van der Waals surface area contributed by atoms with Crippen LogP contribution in [0.15, 0.2) is 0 Å². The molecule has 4 heteroatoms. The van der Waals surface area contributed by atoms with Gasteiger partial charge >= 0.3 is 0 Å². The van der Waals surface area contributed by atoms with Crippen molar-refractivity contribution in [2.75, 3.05) is 20.3 Å². The summed E-state index contributed by atoms with van der Waals surface area (Å²) in [5, 5.41) is 3.09. The van der Waals surface area contributed by atoms with Crippen molar-refractivity contribution in [3.8, 4) is 0 Å². The maximum Gasteiger partial charge on any atom is 0.237 e. The van der Waals surface area contributed by atoms with E-state index in [2.05, 4.69) is 5.32 Å². The van der Waals surface area contributed by atoms with Crippen LogP contribution in [0, 0.1) is 5.92 Å². The van der Waals surface area contributed by atoms with Gasteiger partial charge in [-0.05, 0) is 19.8 Å². The second kappa shape index (κ2) is 5.19. The van der Waals surface area contributed by atoms with Crippen molar-refractivity contribution in [1.82, 2.24) is 5.32 Å². The van der Waals surface area contributed by atoms with Gasteiger partial charge in [-0.2, -0.15) is 0 Å². The van der Waals surface area contributed by atoms with Gasteiger partial charge in [0.1, 0.15) is 0 Å². The van der Waals surface area contributed by atoms with E-state index >= 15 is 0 Å². The fourth-order valence-corrected chi connectivity index (χ4v) is 0.860. The molecule has 0 saturated carbocycles. The predicted octanol–water partition coefficient (Wildman–Crippen LogP) is 0.122. The molecule has 1 unspecified atom stereocenters. The van der Waals surface area contributed by atoms with E-state index in [1.165, 1.54) is 0 Å². The summed E-state index contributed by atoms with van der Waals surface area (Å²) in [6, 6.07) is 0. The minimum Gasteiger partial charge on any atom is -0.384 e. The van der Waals surface area contributed by atoms with Crippen molar-refractivity contribution >= 4 is 5.91 Å². The fourth-order valence-electron chi connectivity index (χ4n) is 0.860. The van der Waals surface area contributed by atoms with Crippen molar-refractivity contribution in [3.63, 3.8) is 0 Å². The molecule has 0 aliphatic heterocycles. The summed E-state index contributed by atoms with van der Waals surface area (Å²) in [6.45, 7) is 7.00. The summed E-state index contributed by atoms with van der Waals surface area (Å²) in [6.07, 6.45) is 0. The number of carbonyl (C=O) groups is 1. The third-order valence-corrected chi connectivity index (χ3v) is 1.96. The van der Waals surface area contributed by atoms with Gasteiger partial charge in [0, 0.05) is 20.3 Å². The van der Waals surface area contributed by atoms with Gasteiger partial charge < -0.3 is 15.8 Å². The van der Waals surface area contributed by atoms with Crippen molar-refractivity contribution in [1.29, 1.82) is 0 Å². The summed E-state index contributed by atoms with van der Waals surface area (Å²) >= 11 is 0. The lowest BCUT2D eigenvalue weighted by Gasteiger charge is -2.24. The van der Waals surface area contributed by atoms with Crippen LogP contribution in [0.5, 0.6) is 0 Å². The highest BCUT2D eigenvalue weighted by molar-refractivity contribution is 5.83. The first-order chi connectivity index (χ1) is 5.90. The van der Waals surface area contributed by atoms with E-state index in [9.17, 15) is 4.79 Å². The highest BCUT2D eigenvalue weighted by Crippen LogP contribution is 2.02. The molecule has 0 saturated heterocycles. The van der Waals surface area contributed by atoms with Crippen molar-refractivity contribution < 1.29 is 9.53 Å². The Hall–Kier alpha value is -0.610. The number of amides is 1. The first-order valence-corrected chi connectivity index (χ1v) is 4.44. The summed E-state index contributed by atoms with van der Waals surface area (Å²) < 4.78 is 4.97. The van der Waals surface area contributed by atoms with Gasteiger partial charge in [0.05, 0.1) is 5.54 Å². The Morgan fingerprint density at radius 2 is 2.15 bits per heavy atom. The van der Waals surface area contributed by atoms with E-state index in [0.717, 1.165) is 6.54 Å². The zero-order valence-corrected chi connectivity index (χ0v) is 8.89. The highest BCUT2D eigenvalue weighted by Gasteiger charge is 2.24. The molecule has 0 aromatic rings. The van der Waals surface area contributed by atoms with E-state index in [1.807, 2.05) is 6.92 Å². The number of nitrogens with two attached hydrogens (primary N) is 1. The molecule has 78 valence electrons. The second-order valence-corrected chi connectivity index (χ2v) is 3.93. The van der Waals surface area contributed by atoms with Gasteiger partial charge in [-0.3, -0.25) is 4.79 Å². The SMILES string of the molecule is COCC(C)CNC(C)(C)C(N)=O. The van der Waals surface area contributed by atoms with E-state index in [4.69, 9.17) is 10.5 Å². The van der Waals surface area contributed by atoms with Crippen LogP contribution in [0.1, 0.15) is 20.8 Å². The zero-order chi connectivity index (χ0) is 10.5. The Morgan fingerprint density at radius 1 is 1.62 bits per heavy atom. The Morgan fingerprint density at radius 3 is 2.54 bits per heavy atom. The third kappa shape index (κ3) is 4.85. The lowest BCUT2D eigenvalue weighted by atomic mass is 10.0. The van der Waals surface area contributed by atoms with Crippen molar-refractivity contribution in [2.24, 2.45) is 11.7 Å². The number of primary amides is 1. The largest absolute Gasteiger partial charge is 0.384 e. The molecule has 0 aromatic heterocycles. The third-order valence-electron chi connectivity index (χ3n) is 1.96. The fraction of sp³-hybridized carbons (Fsp3) is 0.889. The maximum atomic E-state index is 10.9. The smallest absolute Gasteiger partial charge is 0.237 e. The molecule has 0 aliphatic rings. The number of hydrogen-bond donors (Lipinski definition) is 2. The molecule has 0 aromatic carbocycles. The van der Waals surface area contributed by atoms with Crippen LogP contribution in [0.25, 0.3) is 0 Å². The lowest BCUT2D eigenvalue weighted by Crippen LogP contribution is -2.52. The normalized spacial score (nSPS) is 14.2. The Kier molecular flexibility index (Phi) is 4.95. The van der Waals surface area contributed by atoms with Gasteiger partial charge in [-0.15, -0.1) is 0 Å². The van der Waals surface area contributed by atoms with E-state index in [0.29, 0.717) is 12.5 Å². The molecule has 3 N–H and O–H groups in total. The van der Waals surface area contributed by atoms with E-state index in [-0.39, 0.29) is 5.91 Å². The summed E-state index contributed by atoms with van der Waals surface area (Å²) in [4.78, 5) is 10.9. The number of hydrogen-bond acceptors (Lipinski definition) is 3. The monoisotopic (exact) mass is 188 g/mol. The van der Waals surface area contributed by atoms with Crippen LogP contribution < -0.4 is 11.1 Å². The minimum atomic E-state index is -0.637. The van der Waals surface area contributed by atoms with Crippen LogP contribution in [-0.4, -0.2) is 31.7 Å². The Balaban J connectivity index is 3.80. The van der Waals surface area contributed by atoms with Gasteiger partial charge in [0.2, 0.25) is 5.91 Å². The molecule has 0 spiro atoms. The molecule has 0 aliphatic carbocycles. The number of methoxy groups -OCH3 is 1. The number of carbonyl (C=O) groups excluding carboxylic acids is 1. The predicted molar refractivity (Wildman–Crippen MR) is 52.3 cm³/mol. The van der Waals surface area contributed by atoms with Crippen LogP contribution in [0.3, 0.4) is 0 Å². The molecule has 0 rings (SSSR count). The quantitative estimate of drug-likeness (QED) is 0.622. The molecule has 4 nitrogen and oxygen atoms in total. The molecule has 0 heterocycles. The topological polar surface area (TPSA) is 64.3 Å². The van der Waals surface area contributed by atoms with Gasteiger partial charge in [0.15, 0.2) is 0 Å². The summed E-state index contributed by atoms with van der Waals surface area (Å²) in [5.41, 5.74) is 4.56. The van der Waals surface area contributed by atoms with Gasteiger partial charge in [-0.25, -0.2) is 0 Å². The van der Waals surface area contributed by atoms with Gasteiger partial charge in [-0.1, -0.05) is 6.92 Å². The van der Waals surface area contributed by atoms with Crippen LogP contribution >= 0.6 is 0 Å². The molecule has 0 bridgehead atoms. The standard InChI is InChI=1S/C9H20N2O2/c1-7(6-13-4)5-11-9(2,3)8(10)12/h7,11H,5-6H2,1-4H3,(H2,10,12). The zero-order valence-electron chi connectivity index (χ0n) is 8.89. The summed E-state index contributed by atoms with van der Waals surface area (Å²) in [5.74, 6) is 0.0424. The van der Waals surface area contributed by atoms with Gasteiger partial charge in [0.25, 0.3) is 0 Å². The second-order valence-electron chi connectivity index (χ2n) is 3.93. The van der Waals surface area contributed by atoms with E-state index < -0.39 is 5.54 Å². The molecule has 13 heavy (non-hydrogen) atoms. The van der Waals surface area contributed by atoms with Crippen LogP contribution in [-0.2, 0) is 9.53 Å². The number of nitrogens with one attached hydrogen (secondary N) is 1. The average molecular weight is 188 g/mol. The highest BCUT2D eigenvalue weighted by atomic mass is 16.5.